The highest BCUT2D eigenvalue weighted by molar-refractivity contribution is 6.76. The molecular formula is C14H19N3OSi. The number of ether oxygens (including phenoxy) is 1. The molecule has 2 aromatic rings. The van der Waals surface area contributed by atoms with Crippen LogP contribution >= 0.6 is 0 Å². The maximum absolute atomic E-state index is 7.05. The van der Waals surface area contributed by atoms with Gasteiger partial charge in [0.1, 0.15) is 6.73 Å². The Bertz CT molecular complexity index is 607. The van der Waals surface area contributed by atoms with E-state index in [0.717, 1.165) is 23.7 Å². The van der Waals surface area contributed by atoms with Crippen LogP contribution in [-0.2, 0) is 11.5 Å². The zero-order valence-electron chi connectivity index (χ0n) is 11.7. The highest BCUT2D eigenvalue weighted by Gasteiger charge is 2.12. The quantitative estimate of drug-likeness (QED) is 0.470. The molecule has 0 spiro atoms. The van der Waals surface area contributed by atoms with Gasteiger partial charge < -0.3 is 9.30 Å². The molecule has 0 bridgehead atoms. The summed E-state index contributed by atoms with van der Waals surface area (Å²) in [5.74, 6) is 0. The van der Waals surface area contributed by atoms with Crippen molar-refractivity contribution in [1.82, 2.24) is 9.55 Å². The molecule has 19 heavy (non-hydrogen) atoms. The first-order valence-electron chi connectivity index (χ1n) is 6.40. The summed E-state index contributed by atoms with van der Waals surface area (Å²) in [5, 5.41) is 0. The van der Waals surface area contributed by atoms with E-state index in [4.69, 9.17) is 11.3 Å². The van der Waals surface area contributed by atoms with Crippen molar-refractivity contribution < 1.29 is 4.74 Å². The minimum absolute atomic E-state index is 0.502. The zero-order chi connectivity index (χ0) is 13.9. The van der Waals surface area contributed by atoms with Gasteiger partial charge in [0.15, 0.2) is 5.69 Å². The third-order valence-electron chi connectivity index (χ3n) is 2.96. The molecule has 5 heteroatoms. The number of nitrogens with zero attached hydrogens (tertiary/aromatic N) is 3. The van der Waals surface area contributed by atoms with Crippen LogP contribution in [0.4, 0.5) is 5.69 Å². The van der Waals surface area contributed by atoms with Crippen LogP contribution in [0.3, 0.4) is 0 Å². The number of rotatable bonds is 5. The maximum Gasteiger partial charge on any atom is 0.189 e. The first-order chi connectivity index (χ1) is 8.99. The van der Waals surface area contributed by atoms with Crippen molar-refractivity contribution in [2.24, 2.45) is 0 Å². The Balaban J connectivity index is 2.03. The van der Waals surface area contributed by atoms with E-state index in [-0.39, 0.29) is 0 Å². The summed E-state index contributed by atoms with van der Waals surface area (Å²) in [6.07, 6.45) is 1.77. The Morgan fingerprint density at radius 3 is 2.84 bits per heavy atom. The van der Waals surface area contributed by atoms with Gasteiger partial charge in [0, 0.05) is 14.7 Å². The highest BCUT2D eigenvalue weighted by atomic mass is 28.3. The van der Waals surface area contributed by atoms with Crippen LogP contribution in [0.5, 0.6) is 0 Å². The Labute approximate surface area is 114 Å². The summed E-state index contributed by atoms with van der Waals surface area (Å²) in [4.78, 5) is 7.75. The summed E-state index contributed by atoms with van der Waals surface area (Å²) in [6, 6.07) is 6.68. The van der Waals surface area contributed by atoms with Crippen LogP contribution in [0.2, 0.25) is 25.7 Å². The third kappa shape index (κ3) is 3.66. The van der Waals surface area contributed by atoms with Crippen molar-refractivity contribution in [3.63, 3.8) is 0 Å². The molecule has 0 aliphatic heterocycles. The van der Waals surface area contributed by atoms with E-state index in [1.165, 1.54) is 0 Å². The molecule has 0 saturated heterocycles. The van der Waals surface area contributed by atoms with Gasteiger partial charge in [0.25, 0.3) is 0 Å². The molecule has 4 nitrogen and oxygen atoms in total. The molecule has 0 radical (unpaired) electrons. The van der Waals surface area contributed by atoms with Crippen molar-refractivity contribution >= 4 is 24.8 Å². The van der Waals surface area contributed by atoms with Crippen LogP contribution in [0.15, 0.2) is 24.5 Å². The minimum atomic E-state index is -1.04. The van der Waals surface area contributed by atoms with Gasteiger partial charge in [0.2, 0.25) is 0 Å². The standard InChI is InChI=1S/C14H19N3OSi/c1-15-12-5-6-13-14(9-12)17(10-16-13)11-18-7-8-19(2,3)4/h5-6,9-10H,7-8,11H2,2-4H3. The first kappa shape index (κ1) is 13.8. The van der Waals surface area contributed by atoms with Gasteiger partial charge in [0.05, 0.1) is 23.9 Å². The molecule has 0 saturated carbocycles. The largest absolute Gasteiger partial charge is 0.361 e. The summed E-state index contributed by atoms with van der Waals surface area (Å²) in [6.45, 7) is 15.4. The Morgan fingerprint density at radius 1 is 1.37 bits per heavy atom. The van der Waals surface area contributed by atoms with Crippen LogP contribution in [0, 0.1) is 6.57 Å². The SMILES string of the molecule is [C-]#[N+]c1ccc2ncn(COCC[Si](C)(C)C)c2c1. The molecular weight excluding hydrogens is 254 g/mol. The first-order valence-corrected chi connectivity index (χ1v) is 10.1. The van der Waals surface area contributed by atoms with Crippen LogP contribution in [-0.4, -0.2) is 24.2 Å². The molecule has 1 heterocycles. The van der Waals surface area contributed by atoms with E-state index in [1.54, 1.807) is 12.4 Å². The van der Waals surface area contributed by atoms with Gasteiger partial charge in [-0.15, -0.1) is 0 Å². The normalized spacial score (nSPS) is 11.7. The number of hydrogen-bond donors (Lipinski definition) is 0. The minimum Gasteiger partial charge on any atom is -0.361 e. The van der Waals surface area contributed by atoms with E-state index in [2.05, 4.69) is 29.5 Å². The average Bonchev–Trinajstić information content (AvgIpc) is 2.76. The molecule has 0 fully saturated rings. The van der Waals surface area contributed by atoms with Gasteiger partial charge in [-0.2, -0.15) is 0 Å². The molecule has 1 aromatic carbocycles. The van der Waals surface area contributed by atoms with E-state index in [9.17, 15) is 0 Å². The zero-order valence-corrected chi connectivity index (χ0v) is 12.7. The smallest absolute Gasteiger partial charge is 0.189 e. The fraction of sp³-hybridized carbons (Fsp3) is 0.429. The Kier molecular flexibility index (Phi) is 4.03. The van der Waals surface area contributed by atoms with Crippen LogP contribution in [0.25, 0.3) is 15.9 Å². The monoisotopic (exact) mass is 273 g/mol. The fourth-order valence-electron chi connectivity index (χ4n) is 1.76. The van der Waals surface area contributed by atoms with Crippen molar-refractivity contribution in [2.75, 3.05) is 6.61 Å². The van der Waals surface area contributed by atoms with Crippen LogP contribution < -0.4 is 0 Å². The molecule has 0 unspecified atom stereocenters. The second-order valence-corrected chi connectivity index (χ2v) is 11.5. The van der Waals surface area contributed by atoms with Crippen molar-refractivity contribution in [1.29, 1.82) is 0 Å². The number of fused-ring (bicyclic) bond motifs is 1. The lowest BCUT2D eigenvalue weighted by molar-refractivity contribution is 0.0898. The van der Waals surface area contributed by atoms with Crippen molar-refractivity contribution in [3.05, 3.63) is 35.9 Å². The van der Waals surface area contributed by atoms with E-state index in [0.29, 0.717) is 12.4 Å². The summed E-state index contributed by atoms with van der Waals surface area (Å²) in [5.41, 5.74) is 2.50. The van der Waals surface area contributed by atoms with E-state index < -0.39 is 8.07 Å². The van der Waals surface area contributed by atoms with Crippen LogP contribution in [0.1, 0.15) is 0 Å². The van der Waals surface area contributed by atoms with Gasteiger partial charge in [-0.25, -0.2) is 9.83 Å². The molecule has 2 rings (SSSR count). The second-order valence-electron chi connectivity index (χ2n) is 5.85. The second kappa shape index (κ2) is 5.55. The van der Waals surface area contributed by atoms with Gasteiger partial charge >= 0.3 is 0 Å². The third-order valence-corrected chi connectivity index (χ3v) is 4.66. The number of imidazole rings is 1. The Hall–Kier alpha value is -1.64. The molecule has 0 aliphatic carbocycles. The molecule has 0 atom stereocenters. The Morgan fingerprint density at radius 2 is 2.16 bits per heavy atom. The summed E-state index contributed by atoms with van der Waals surface area (Å²) in [7, 11) is -1.04. The number of hydrogen-bond acceptors (Lipinski definition) is 2. The molecule has 1 aromatic heterocycles. The molecule has 0 N–H and O–H groups in total. The predicted molar refractivity (Wildman–Crippen MR) is 80.1 cm³/mol. The maximum atomic E-state index is 7.05. The van der Waals surface area contributed by atoms with Gasteiger partial charge in [-0.1, -0.05) is 25.7 Å². The molecule has 100 valence electrons. The van der Waals surface area contributed by atoms with Crippen molar-refractivity contribution in [2.45, 2.75) is 32.4 Å². The highest BCUT2D eigenvalue weighted by Crippen LogP contribution is 2.20. The summed E-state index contributed by atoms with van der Waals surface area (Å²) >= 11 is 0. The average molecular weight is 273 g/mol. The van der Waals surface area contributed by atoms with E-state index >= 15 is 0 Å². The number of aromatic nitrogens is 2. The lowest BCUT2D eigenvalue weighted by Crippen LogP contribution is -2.21. The topological polar surface area (TPSA) is 31.4 Å². The lowest BCUT2D eigenvalue weighted by atomic mass is 10.3. The van der Waals surface area contributed by atoms with Gasteiger partial charge in [-0.3, -0.25) is 0 Å². The number of benzene rings is 1. The van der Waals surface area contributed by atoms with Gasteiger partial charge in [-0.05, 0) is 18.2 Å². The predicted octanol–water partition coefficient (Wildman–Crippen LogP) is 3.90. The van der Waals surface area contributed by atoms with E-state index in [1.807, 2.05) is 16.7 Å². The molecule has 0 aliphatic rings. The fourth-order valence-corrected chi connectivity index (χ4v) is 2.52. The summed E-state index contributed by atoms with van der Waals surface area (Å²) < 4.78 is 7.67. The van der Waals surface area contributed by atoms with Crippen molar-refractivity contribution in [3.8, 4) is 0 Å². The molecule has 0 amide bonds. The lowest BCUT2D eigenvalue weighted by Gasteiger charge is -2.15.